The number of anilines is 1. The summed E-state index contributed by atoms with van der Waals surface area (Å²) in [6, 6.07) is 13.2. The Bertz CT molecular complexity index is 1150. The molecule has 0 saturated heterocycles. The van der Waals surface area contributed by atoms with Crippen molar-refractivity contribution in [2.45, 2.75) is 32.2 Å². The van der Waals surface area contributed by atoms with Gasteiger partial charge in [0.05, 0.1) is 10.9 Å². The number of carbonyl (C=O) groups excluding carboxylic acids is 2. The molecule has 4 N–H and O–H groups in total. The second-order valence-electron chi connectivity index (χ2n) is 6.73. The lowest BCUT2D eigenvalue weighted by molar-refractivity contribution is -0.116. The quantitative estimate of drug-likeness (QED) is 0.505. The molecule has 2 amide bonds. The highest BCUT2D eigenvalue weighted by atomic mass is 16.2. The number of carbonyl (C=O) groups is 2. The molecular formula is C21H22N4O4. The lowest BCUT2D eigenvalue weighted by atomic mass is 10.1. The average molecular weight is 394 g/mol. The summed E-state index contributed by atoms with van der Waals surface area (Å²) >= 11 is 0. The monoisotopic (exact) mass is 394 g/mol. The highest BCUT2D eigenvalue weighted by Crippen LogP contribution is 2.11. The number of nitrogens with one attached hydrogen (secondary N) is 2. The number of hydrogen-bond donors (Lipinski definition) is 3. The fourth-order valence-electron chi connectivity index (χ4n) is 3.08. The summed E-state index contributed by atoms with van der Waals surface area (Å²) in [4.78, 5) is 50.3. The number of H-pyrrole nitrogens is 1. The summed E-state index contributed by atoms with van der Waals surface area (Å²) in [6.07, 6.45) is 2.26. The van der Waals surface area contributed by atoms with Crippen molar-refractivity contribution in [3.8, 4) is 0 Å². The van der Waals surface area contributed by atoms with Crippen LogP contribution in [0.3, 0.4) is 0 Å². The fraction of sp³-hybridized carbons (Fsp3) is 0.238. The number of benzene rings is 2. The van der Waals surface area contributed by atoms with Crippen molar-refractivity contribution in [2.75, 3.05) is 5.32 Å². The summed E-state index contributed by atoms with van der Waals surface area (Å²) in [5.41, 5.74) is 5.94. The summed E-state index contributed by atoms with van der Waals surface area (Å²) in [6.45, 7) is 0.301. The third-order valence-electron chi connectivity index (χ3n) is 4.63. The van der Waals surface area contributed by atoms with Crippen molar-refractivity contribution in [2.24, 2.45) is 5.73 Å². The van der Waals surface area contributed by atoms with Gasteiger partial charge in [0.15, 0.2) is 0 Å². The van der Waals surface area contributed by atoms with Gasteiger partial charge in [-0.3, -0.25) is 19.0 Å². The molecule has 1 heterocycles. The molecule has 0 aliphatic heterocycles. The Labute approximate surface area is 166 Å². The van der Waals surface area contributed by atoms with Gasteiger partial charge in [0.25, 0.3) is 5.56 Å². The number of hydrogen-bond acceptors (Lipinski definition) is 4. The number of rotatable bonds is 8. The maximum atomic E-state index is 12.4. The Morgan fingerprint density at radius 3 is 2.41 bits per heavy atom. The lowest BCUT2D eigenvalue weighted by Crippen LogP contribution is -2.35. The van der Waals surface area contributed by atoms with Crippen LogP contribution in [0.2, 0.25) is 0 Å². The number of aromatic nitrogens is 2. The second kappa shape index (κ2) is 9.01. The van der Waals surface area contributed by atoms with E-state index >= 15 is 0 Å². The SMILES string of the molecule is NC(=O)c1ccc(NC(=O)CCCCCn2c(=O)[nH]c3ccccc3c2=O)cc1. The number of amides is 2. The Hall–Kier alpha value is -3.68. The molecule has 1 aromatic heterocycles. The zero-order chi connectivity index (χ0) is 20.8. The number of fused-ring (bicyclic) bond motifs is 1. The van der Waals surface area contributed by atoms with Gasteiger partial charge in [0.2, 0.25) is 11.8 Å². The molecule has 8 nitrogen and oxygen atoms in total. The fourth-order valence-corrected chi connectivity index (χ4v) is 3.08. The van der Waals surface area contributed by atoms with Gasteiger partial charge in [0.1, 0.15) is 0 Å². The second-order valence-corrected chi connectivity index (χ2v) is 6.73. The first-order valence-corrected chi connectivity index (χ1v) is 9.37. The minimum Gasteiger partial charge on any atom is -0.366 e. The first-order chi connectivity index (χ1) is 14.0. The molecule has 0 fully saturated rings. The van der Waals surface area contributed by atoms with E-state index < -0.39 is 11.6 Å². The van der Waals surface area contributed by atoms with Gasteiger partial charge in [-0.05, 0) is 49.2 Å². The molecule has 8 heteroatoms. The van der Waals surface area contributed by atoms with Crippen molar-refractivity contribution in [3.05, 3.63) is 74.9 Å². The number of aromatic amines is 1. The van der Waals surface area contributed by atoms with E-state index in [4.69, 9.17) is 5.73 Å². The molecular weight excluding hydrogens is 372 g/mol. The van der Waals surface area contributed by atoms with E-state index in [0.717, 1.165) is 0 Å². The van der Waals surface area contributed by atoms with Gasteiger partial charge in [-0.2, -0.15) is 0 Å². The highest BCUT2D eigenvalue weighted by molar-refractivity contribution is 5.94. The van der Waals surface area contributed by atoms with Crippen LogP contribution in [-0.2, 0) is 11.3 Å². The van der Waals surface area contributed by atoms with Crippen molar-refractivity contribution in [1.82, 2.24) is 9.55 Å². The maximum Gasteiger partial charge on any atom is 0.328 e. The molecule has 2 aromatic carbocycles. The van der Waals surface area contributed by atoms with Crippen LogP contribution in [0.5, 0.6) is 0 Å². The number of nitrogens with zero attached hydrogens (tertiary/aromatic N) is 1. The summed E-state index contributed by atoms with van der Waals surface area (Å²) in [5.74, 6) is -0.662. The van der Waals surface area contributed by atoms with Gasteiger partial charge < -0.3 is 16.0 Å². The Kier molecular flexibility index (Phi) is 6.23. The van der Waals surface area contributed by atoms with Crippen LogP contribution >= 0.6 is 0 Å². The molecule has 0 aliphatic rings. The first-order valence-electron chi connectivity index (χ1n) is 9.37. The van der Waals surface area contributed by atoms with E-state index in [-0.39, 0.29) is 11.5 Å². The van der Waals surface area contributed by atoms with Crippen LogP contribution in [0.15, 0.2) is 58.1 Å². The van der Waals surface area contributed by atoms with Gasteiger partial charge in [-0.25, -0.2) is 4.79 Å². The Balaban J connectivity index is 1.47. The number of unbranched alkanes of at least 4 members (excludes halogenated alkanes) is 2. The van der Waals surface area contributed by atoms with Gasteiger partial charge in [-0.1, -0.05) is 18.6 Å². The lowest BCUT2D eigenvalue weighted by Gasteiger charge is -2.07. The summed E-state index contributed by atoms with van der Waals surface area (Å²) in [5, 5.41) is 3.23. The van der Waals surface area contributed by atoms with Crippen molar-refractivity contribution in [1.29, 1.82) is 0 Å². The van der Waals surface area contributed by atoms with Crippen LogP contribution in [0.25, 0.3) is 10.9 Å². The molecule has 0 radical (unpaired) electrons. The predicted molar refractivity (Wildman–Crippen MR) is 111 cm³/mol. The molecule has 0 saturated carbocycles. The zero-order valence-electron chi connectivity index (χ0n) is 15.8. The number of nitrogens with two attached hydrogens (primary N) is 1. The van der Waals surface area contributed by atoms with Gasteiger partial charge >= 0.3 is 5.69 Å². The smallest absolute Gasteiger partial charge is 0.328 e. The van der Waals surface area contributed by atoms with Gasteiger partial charge in [0, 0.05) is 24.2 Å². The predicted octanol–water partition coefficient (Wildman–Crippen LogP) is 1.99. The topological polar surface area (TPSA) is 127 Å². The number of primary amides is 1. The Morgan fingerprint density at radius 1 is 0.966 bits per heavy atom. The molecule has 150 valence electrons. The van der Waals surface area contributed by atoms with E-state index in [1.165, 1.54) is 4.57 Å². The van der Waals surface area contributed by atoms with Crippen LogP contribution in [-0.4, -0.2) is 21.4 Å². The van der Waals surface area contributed by atoms with Crippen molar-refractivity contribution in [3.63, 3.8) is 0 Å². The van der Waals surface area contributed by atoms with E-state index in [0.29, 0.717) is 54.4 Å². The average Bonchev–Trinajstić information content (AvgIpc) is 2.70. The third-order valence-corrected chi connectivity index (χ3v) is 4.63. The molecule has 0 spiro atoms. The van der Waals surface area contributed by atoms with E-state index in [2.05, 4.69) is 10.3 Å². The molecule has 29 heavy (non-hydrogen) atoms. The Morgan fingerprint density at radius 2 is 1.69 bits per heavy atom. The minimum atomic E-state index is -0.521. The van der Waals surface area contributed by atoms with E-state index in [1.807, 2.05) is 0 Å². The largest absolute Gasteiger partial charge is 0.366 e. The molecule has 0 unspecified atom stereocenters. The van der Waals surface area contributed by atoms with E-state index in [1.54, 1.807) is 48.5 Å². The maximum absolute atomic E-state index is 12.4. The van der Waals surface area contributed by atoms with Crippen molar-refractivity contribution >= 4 is 28.4 Å². The van der Waals surface area contributed by atoms with Gasteiger partial charge in [-0.15, -0.1) is 0 Å². The van der Waals surface area contributed by atoms with Crippen molar-refractivity contribution < 1.29 is 9.59 Å². The molecule has 0 atom stereocenters. The van der Waals surface area contributed by atoms with Crippen LogP contribution in [0.4, 0.5) is 5.69 Å². The molecule has 0 bridgehead atoms. The molecule has 0 aliphatic carbocycles. The molecule has 3 rings (SSSR count). The zero-order valence-corrected chi connectivity index (χ0v) is 15.8. The third kappa shape index (κ3) is 4.98. The number of para-hydroxylation sites is 1. The van der Waals surface area contributed by atoms with E-state index in [9.17, 15) is 19.2 Å². The normalized spacial score (nSPS) is 10.8. The first kappa shape index (κ1) is 20.1. The van der Waals surface area contributed by atoms with Crippen LogP contribution in [0.1, 0.15) is 36.0 Å². The standard InChI is InChI=1S/C21H22N4O4/c22-19(27)14-9-11-15(12-10-14)23-18(26)8-2-1-5-13-25-20(28)16-6-3-4-7-17(16)24-21(25)29/h3-4,6-7,9-12H,1-2,5,8,13H2,(H2,22,27)(H,23,26)(H,24,29). The van der Waals surface area contributed by atoms with Crippen LogP contribution < -0.4 is 22.3 Å². The molecule has 3 aromatic rings. The van der Waals surface area contributed by atoms with Crippen LogP contribution in [0, 0.1) is 0 Å². The summed E-state index contributed by atoms with van der Waals surface area (Å²) < 4.78 is 1.20. The highest BCUT2D eigenvalue weighted by Gasteiger charge is 2.08. The summed E-state index contributed by atoms with van der Waals surface area (Å²) in [7, 11) is 0. The minimum absolute atomic E-state index is 0.141.